The number of H-pyrrole nitrogens is 1. The summed E-state index contributed by atoms with van der Waals surface area (Å²) in [7, 11) is 2.03. The number of aromatic carboxylic acids is 1. The lowest BCUT2D eigenvalue weighted by atomic mass is 9.87. The number of nitrogens with one attached hydrogen (secondary N) is 2. The minimum atomic E-state index is -1.42. The van der Waals surface area contributed by atoms with Gasteiger partial charge in [-0.05, 0) is 43.1 Å². The third kappa shape index (κ3) is 2.62. The molecular weight excluding hydrogens is 346 g/mol. The number of hydrogen-bond donors (Lipinski definition) is 4. The topological polar surface area (TPSA) is 107 Å². The molecular formula is C20H21N3O4. The molecule has 2 heterocycles. The quantitative estimate of drug-likeness (QED) is 0.565. The van der Waals surface area contributed by atoms with Crippen LogP contribution < -0.4 is 10.9 Å². The number of benzene rings is 1. The summed E-state index contributed by atoms with van der Waals surface area (Å²) < 4.78 is 2.15. The Hall–Kier alpha value is -3.06. The van der Waals surface area contributed by atoms with Gasteiger partial charge in [0.1, 0.15) is 5.75 Å². The largest absolute Gasteiger partial charge is 0.506 e. The number of aromatic hydroxyl groups is 1. The van der Waals surface area contributed by atoms with Gasteiger partial charge in [-0.3, -0.25) is 4.79 Å². The molecule has 27 heavy (non-hydrogen) atoms. The average Bonchev–Trinajstić information content (AvgIpc) is 2.93. The Balaban J connectivity index is 1.92. The van der Waals surface area contributed by atoms with E-state index in [9.17, 15) is 19.8 Å². The van der Waals surface area contributed by atoms with E-state index >= 15 is 0 Å². The summed E-state index contributed by atoms with van der Waals surface area (Å²) in [6, 6.07) is 6.23. The van der Waals surface area contributed by atoms with E-state index in [0.717, 1.165) is 40.8 Å². The third-order valence-corrected chi connectivity index (χ3v) is 5.34. The van der Waals surface area contributed by atoms with Gasteiger partial charge >= 0.3 is 5.97 Å². The van der Waals surface area contributed by atoms with Gasteiger partial charge in [0.05, 0.1) is 5.69 Å². The fourth-order valence-corrected chi connectivity index (χ4v) is 3.91. The van der Waals surface area contributed by atoms with Crippen molar-refractivity contribution < 1.29 is 15.0 Å². The lowest BCUT2D eigenvalue weighted by Crippen LogP contribution is -2.22. The van der Waals surface area contributed by atoms with E-state index in [2.05, 4.69) is 33.9 Å². The van der Waals surface area contributed by atoms with Crippen LogP contribution in [0.5, 0.6) is 5.75 Å². The first-order valence-corrected chi connectivity index (χ1v) is 8.96. The number of nitrogens with zero attached hydrogens (tertiary/aromatic N) is 1. The standard InChI is InChI=1S/C20H21N3O4/c1-3-21-9-12-6-11-7-14-10(8-15(11)23(12)2)4-5-13-17(14)22-19(25)16(18(13)24)20(26)27/h6-8,21H,3-5,9H2,1-2H3,(H,26,27)(H2,22,24,25). The predicted molar refractivity (Wildman–Crippen MR) is 102 cm³/mol. The summed E-state index contributed by atoms with van der Waals surface area (Å²) in [6.07, 6.45) is 1.15. The van der Waals surface area contributed by atoms with E-state index in [1.165, 1.54) is 0 Å². The molecule has 140 valence electrons. The summed E-state index contributed by atoms with van der Waals surface area (Å²) in [4.78, 5) is 26.2. The number of fused-ring (bicyclic) bond motifs is 4. The number of carboxylic acids is 1. The molecule has 3 aromatic rings. The zero-order chi connectivity index (χ0) is 19.3. The molecule has 1 aromatic carbocycles. The van der Waals surface area contributed by atoms with E-state index < -0.39 is 22.8 Å². The van der Waals surface area contributed by atoms with E-state index in [4.69, 9.17) is 0 Å². The van der Waals surface area contributed by atoms with Crippen LogP contribution in [0.1, 0.15) is 34.1 Å². The van der Waals surface area contributed by atoms with E-state index in [0.29, 0.717) is 24.1 Å². The van der Waals surface area contributed by atoms with Crippen molar-refractivity contribution in [3.8, 4) is 17.0 Å². The van der Waals surface area contributed by atoms with Gasteiger partial charge in [-0.2, -0.15) is 0 Å². The van der Waals surface area contributed by atoms with Crippen LogP contribution in [0, 0.1) is 0 Å². The number of pyridine rings is 1. The van der Waals surface area contributed by atoms with Crippen LogP contribution >= 0.6 is 0 Å². The second kappa shape index (κ2) is 6.28. The predicted octanol–water partition coefficient (Wildman–Crippen LogP) is 2.15. The molecule has 1 aliphatic carbocycles. The first-order chi connectivity index (χ1) is 12.9. The molecule has 0 radical (unpaired) electrons. The minimum Gasteiger partial charge on any atom is -0.506 e. The molecule has 0 saturated carbocycles. The summed E-state index contributed by atoms with van der Waals surface area (Å²) in [6.45, 7) is 3.72. The summed E-state index contributed by atoms with van der Waals surface area (Å²) in [5, 5.41) is 23.9. The highest BCUT2D eigenvalue weighted by Crippen LogP contribution is 2.39. The molecule has 0 amide bonds. The van der Waals surface area contributed by atoms with Gasteiger partial charge in [-0.1, -0.05) is 6.92 Å². The molecule has 0 unspecified atom stereocenters. The molecule has 0 fully saturated rings. The lowest BCUT2D eigenvalue weighted by molar-refractivity contribution is 0.0691. The minimum absolute atomic E-state index is 0.423. The van der Waals surface area contributed by atoms with Crippen LogP contribution in [-0.2, 0) is 26.4 Å². The SMILES string of the molecule is CCNCc1cc2cc3c(cc2n1C)CCc1c-3[nH]c(=O)c(C(=O)O)c1O. The van der Waals surface area contributed by atoms with Crippen molar-refractivity contribution in [1.82, 2.24) is 14.9 Å². The molecule has 0 spiro atoms. The zero-order valence-electron chi connectivity index (χ0n) is 15.2. The van der Waals surface area contributed by atoms with Crippen LogP contribution in [0.4, 0.5) is 0 Å². The Morgan fingerprint density at radius 1 is 1.30 bits per heavy atom. The highest BCUT2D eigenvalue weighted by Gasteiger charge is 2.27. The fourth-order valence-electron chi connectivity index (χ4n) is 3.91. The van der Waals surface area contributed by atoms with Gasteiger partial charge in [0.25, 0.3) is 5.56 Å². The van der Waals surface area contributed by atoms with Crippen LogP contribution in [-0.4, -0.2) is 32.3 Å². The molecule has 4 rings (SSSR count). The second-order valence-corrected chi connectivity index (χ2v) is 6.88. The number of carboxylic acid groups (broad SMARTS) is 1. The van der Waals surface area contributed by atoms with E-state index in [1.807, 2.05) is 13.1 Å². The van der Waals surface area contributed by atoms with Crippen molar-refractivity contribution in [3.05, 3.63) is 50.9 Å². The highest BCUT2D eigenvalue weighted by molar-refractivity contribution is 5.94. The second-order valence-electron chi connectivity index (χ2n) is 6.88. The molecule has 0 saturated heterocycles. The molecule has 0 atom stereocenters. The first-order valence-electron chi connectivity index (χ1n) is 8.96. The van der Waals surface area contributed by atoms with Crippen LogP contribution in [0.25, 0.3) is 22.2 Å². The molecule has 7 heteroatoms. The van der Waals surface area contributed by atoms with Crippen molar-refractivity contribution in [1.29, 1.82) is 0 Å². The van der Waals surface area contributed by atoms with Crippen molar-refractivity contribution in [2.75, 3.05) is 6.54 Å². The van der Waals surface area contributed by atoms with Crippen molar-refractivity contribution in [2.24, 2.45) is 7.05 Å². The summed E-state index contributed by atoms with van der Waals surface area (Å²) >= 11 is 0. The van der Waals surface area contributed by atoms with Crippen molar-refractivity contribution in [3.63, 3.8) is 0 Å². The van der Waals surface area contributed by atoms with Crippen LogP contribution in [0.2, 0.25) is 0 Å². The van der Waals surface area contributed by atoms with Crippen LogP contribution in [0.15, 0.2) is 23.0 Å². The normalized spacial score (nSPS) is 12.8. The molecule has 2 aromatic heterocycles. The number of carbonyl (C=O) groups is 1. The van der Waals surface area contributed by atoms with Gasteiger partial charge in [0.15, 0.2) is 5.56 Å². The van der Waals surface area contributed by atoms with Crippen molar-refractivity contribution >= 4 is 16.9 Å². The van der Waals surface area contributed by atoms with Gasteiger partial charge in [0, 0.05) is 41.3 Å². The van der Waals surface area contributed by atoms with Gasteiger partial charge in [0.2, 0.25) is 0 Å². The number of aryl methyl sites for hydroxylation is 2. The van der Waals surface area contributed by atoms with Gasteiger partial charge in [-0.25, -0.2) is 4.79 Å². The third-order valence-electron chi connectivity index (χ3n) is 5.34. The highest BCUT2D eigenvalue weighted by atomic mass is 16.4. The Kier molecular flexibility index (Phi) is 4.04. The van der Waals surface area contributed by atoms with E-state index in [-0.39, 0.29) is 0 Å². The monoisotopic (exact) mass is 367 g/mol. The maximum atomic E-state index is 12.2. The summed E-state index contributed by atoms with van der Waals surface area (Å²) in [5.74, 6) is -1.85. The average molecular weight is 367 g/mol. The van der Waals surface area contributed by atoms with Crippen LogP contribution in [0.3, 0.4) is 0 Å². The summed E-state index contributed by atoms with van der Waals surface area (Å²) in [5.41, 5.74) is 3.81. The molecule has 7 nitrogen and oxygen atoms in total. The molecule has 1 aliphatic rings. The number of hydrogen-bond acceptors (Lipinski definition) is 4. The Labute approximate surface area is 155 Å². The van der Waals surface area contributed by atoms with Gasteiger partial charge in [-0.15, -0.1) is 0 Å². The number of rotatable bonds is 4. The lowest BCUT2D eigenvalue weighted by Gasteiger charge is -2.21. The fraction of sp³-hybridized carbons (Fsp3) is 0.300. The number of aromatic nitrogens is 2. The first kappa shape index (κ1) is 17.4. The molecule has 4 N–H and O–H groups in total. The Morgan fingerprint density at radius 3 is 2.78 bits per heavy atom. The number of aromatic amines is 1. The maximum absolute atomic E-state index is 12.2. The zero-order valence-corrected chi connectivity index (χ0v) is 15.2. The molecule has 0 bridgehead atoms. The Bertz CT molecular complexity index is 1140. The molecule has 0 aliphatic heterocycles. The van der Waals surface area contributed by atoms with Crippen molar-refractivity contribution in [2.45, 2.75) is 26.3 Å². The maximum Gasteiger partial charge on any atom is 0.345 e. The van der Waals surface area contributed by atoms with E-state index in [1.54, 1.807) is 0 Å². The Morgan fingerprint density at radius 2 is 2.07 bits per heavy atom. The van der Waals surface area contributed by atoms with Gasteiger partial charge < -0.3 is 25.1 Å². The smallest absolute Gasteiger partial charge is 0.345 e.